The van der Waals surface area contributed by atoms with E-state index >= 15 is 0 Å². The zero-order valence-electron chi connectivity index (χ0n) is 12.2. The highest BCUT2D eigenvalue weighted by Crippen LogP contribution is 2.28. The smallest absolute Gasteiger partial charge is 0.0900 e. The molecule has 0 radical (unpaired) electrons. The molecular formula is C16H25NO2. The maximum absolute atomic E-state index is 10.0. The number of β-amino-alcohol motifs (C(OH)–C–C–N with tert-alkyl or cyclic N) is 1. The van der Waals surface area contributed by atoms with Gasteiger partial charge in [0.2, 0.25) is 0 Å². The predicted octanol–water partition coefficient (Wildman–Crippen LogP) is 2.39. The third-order valence-corrected chi connectivity index (χ3v) is 3.79. The third-order valence-electron chi connectivity index (χ3n) is 3.79. The van der Waals surface area contributed by atoms with E-state index in [4.69, 9.17) is 4.74 Å². The lowest BCUT2D eigenvalue weighted by Gasteiger charge is -2.36. The number of fused-ring (bicyclic) bond motifs is 1. The lowest BCUT2D eigenvalue weighted by Crippen LogP contribution is -2.40. The van der Waals surface area contributed by atoms with Crippen LogP contribution in [-0.4, -0.2) is 41.9 Å². The molecule has 1 heterocycles. The Bertz CT molecular complexity index is 405. The summed E-state index contributed by atoms with van der Waals surface area (Å²) in [5.74, 6) is 0. The molecular weight excluding hydrogens is 238 g/mol. The van der Waals surface area contributed by atoms with Crippen LogP contribution in [0.4, 0.5) is 0 Å². The molecule has 1 aromatic rings. The van der Waals surface area contributed by atoms with E-state index in [0.717, 1.165) is 13.0 Å². The lowest BCUT2D eigenvalue weighted by molar-refractivity contribution is -0.0144. The molecule has 2 atom stereocenters. The molecule has 0 spiro atoms. The lowest BCUT2D eigenvalue weighted by atomic mass is 9.93. The highest BCUT2D eigenvalue weighted by atomic mass is 16.5. The quantitative estimate of drug-likeness (QED) is 0.885. The molecule has 1 aliphatic heterocycles. The largest absolute Gasteiger partial charge is 0.389 e. The second kappa shape index (κ2) is 6.51. The second-order valence-corrected chi connectivity index (χ2v) is 5.66. The Hall–Kier alpha value is -0.900. The van der Waals surface area contributed by atoms with E-state index in [1.165, 1.54) is 11.1 Å². The van der Waals surface area contributed by atoms with Crippen molar-refractivity contribution in [2.45, 2.75) is 45.4 Å². The van der Waals surface area contributed by atoms with Crippen LogP contribution in [-0.2, 0) is 11.2 Å². The molecule has 0 aliphatic carbocycles. The minimum absolute atomic E-state index is 0.175. The summed E-state index contributed by atoms with van der Waals surface area (Å²) in [6.07, 6.45) is 0.836. The molecule has 2 rings (SSSR count). The van der Waals surface area contributed by atoms with Crippen molar-refractivity contribution in [1.82, 2.24) is 4.90 Å². The van der Waals surface area contributed by atoms with Crippen LogP contribution in [0.1, 0.15) is 37.9 Å². The predicted molar refractivity (Wildman–Crippen MR) is 77.2 cm³/mol. The number of rotatable bonds is 5. The minimum atomic E-state index is -0.407. The van der Waals surface area contributed by atoms with Gasteiger partial charge in [-0.05, 0) is 38.3 Å². The van der Waals surface area contributed by atoms with Gasteiger partial charge in [0.05, 0.1) is 18.8 Å². The van der Waals surface area contributed by atoms with Gasteiger partial charge in [-0.25, -0.2) is 0 Å². The number of ether oxygens (including phenoxy) is 1. The summed E-state index contributed by atoms with van der Waals surface area (Å²) in [7, 11) is 0. The fourth-order valence-electron chi connectivity index (χ4n) is 2.70. The Morgan fingerprint density at radius 3 is 2.84 bits per heavy atom. The zero-order chi connectivity index (χ0) is 13.8. The van der Waals surface area contributed by atoms with Gasteiger partial charge >= 0.3 is 0 Å². The average molecular weight is 263 g/mol. The third kappa shape index (κ3) is 3.78. The van der Waals surface area contributed by atoms with Crippen molar-refractivity contribution in [2.24, 2.45) is 0 Å². The molecule has 0 fully saturated rings. The van der Waals surface area contributed by atoms with E-state index in [1.807, 2.05) is 13.8 Å². The Morgan fingerprint density at radius 1 is 1.37 bits per heavy atom. The maximum atomic E-state index is 10.0. The maximum Gasteiger partial charge on any atom is 0.0900 e. The number of benzene rings is 1. The first-order valence-corrected chi connectivity index (χ1v) is 7.19. The summed E-state index contributed by atoms with van der Waals surface area (Å²) in [5, 5.41) is 10.0. The number of aliphatic hydroxyl groups excluding tert-OH is 1. The molecule has 1 N–H and O–H groups in total. The van der Waals surface area contributed by atoms with Crippen molar-refractivity contribution in [3.05, 3.63) is 35.4 Å². The van der Waals surface area contributed by atoms with Crippen molar-refractivity contribution in [3.8, 4) is 0 Å². The molecule has 0 aromatic heterocycles. The first-order chi connectivity index (χ1) is 9.08. The number of hydrogen-bond donors (Lipinski definition) is 1. The molecule has 106 valence electrons. The summed E-state index contributed by atoms with van der Waals surface area (Å²) < 4.78 is 5.47. The Kier molecular flexibility index (Phi) is 4.97. The van der Waals surface area contributed by atoms with Crippen LogP contribution in [0, 0.1) is 0 Å². The number of hydrogen-bond acceptors (Lipinski definition) is 3. The SMILES string of the molecule is CC(C)OCC(O)CN1CCc2ccccc2C1C. The second-order valence-electron chi connectivity index (χ2n) is 5.66. The van der Waals surface area contributed by atoms with Crippen LogP contribution in [0.15, 0.2) is 24.3 Å². The summed E-state index contributed by atoms with van der Waals surface area (Å²) in [6.45, 7) is 8.31. The van der Waals surface area contributed by atoms with E-state index in [2.05, 4.69) is 36.1 Å². The van der Waals surface area contributed by atoms with Gasteiger partial charge < -0.3 is 9.84 Å². The van der Waals surface area contributed by atoms with Gasteiger partial charge in [-0.15, -0.1) is 0 Å². The van der Waals surface area contributed by atoms with Gasteiger partial charge in [0.25, 0.3) is 0 Å². The van der Waals surface area contributed by atoms with Crippen molar-refractivity contribution in [3.63, 3.8) is 0 Å². The molecule has 0 saturated heterocycles. The fourth-order valence-corrected chi connectivity index (χ4v) is 2.70. The molecule has 3 heteroatoms. The van der Waals surface area contributed by atoms with Crippen molar-refractivity contribution >= 4 is 0 Å². The first kappa shape index (κ1) is 14.5. The molecule has 2 unspecified atom stereocenters. The average Bonchev–Trinajstić information content (AvgIpc) is 2.40. The molecule has 3 nitrogen and oxygen atoms in total. The highest BCUT2D eigenvalue weighted by Gasteiger charge is 2.25. The molecule has 0 saturated carbocycles. The van der Waals surface area contributed by atoms with E-state index in [-0.39, 0.29) is 6.10 Å². The van der Waals surface area contributed by atoms with Gasteiger partial charge in [0.1, 0.15) is 0 Å². The van der Waals surface area contributed by atoms with E-state index in [0.29, 0.717) is 19.2 Å². The van der Waals surface area contributed by atoms with Crippen LogP contribution in [0.5, 0.6) is 0 Å². The van der Waals surface area contributed by atoms with Gasteiger partial charge in [-0.1, -0.05) is 24.3 Å². The van der Waals surface area contributed by atoms with Crippen LogP contribution >= 0.6 is 0 Å². The van der Waals surface area contributed by atoms with Crippen molar-refractivity contribution in [2.75, 3.05) is 19.7 Å². The minimum Gasteiger partial charge on any atom is -0.389 e. The topological polar surface area (TPSA) is 32.7 Å². The van der Waals surface area contributed by atoms with Gasteiger partial charge in [0.15, 0.2) is 0 Å². The van der Waals surface area contributed by atoms with E-state index in [9.17, 15) is 5.11 Å². The fraction of sp³-hybridized carbons (Fsp3) is 0.625. The molecule has 1 aromatic carbocycles. The summed E-state index contributed by atoms with van der Waals surface area (Å²) >= 11 is 0. The Labute approximate surface area is 116 Å². The summed E-state index contributed by atoms with van der Waals surface area (Å²) in [6, 6.07) is 8.98. The normalized spacial score (nSPS) is 21.4. The summed E-state index contributed by atoms with van der Waals surface area (Å²) in [4.78, 5) is 2.34. The van der Waals surface area contributed by atoms with Crippen molar-refractivity contribution in [1.29, 1.82) is 0 Å². The van der Waals surface area contributed by atoms with Gasteiger partial charge in [-0.2, -0.15) is 0 Å². The number of nitrogens with zero attached hydrogens (tertiary/aromatic N) is 1. The van der Waals surface area contributed by atoms with E-state index < -0.39 is 6.10 Å². The molecule has 19 heavy (non-hydrogen) atoms. The van der Waals surface area contributed by atoms with Crippen LogP contribution in [0.25, 0.3) is 0 Å². The van der Waals surface area contributed by atoms with Gasteiger partial charge in [-0.3, -0.25) is 4.90 Å². The zero-order valence-corrected chi connectivity index (χ0v) is 12.2. The monoisotopic (exact) mass is 263 g/mol. The van der Waals surface area contributed by atoms with Crippen molar-refractivity contribution < 1.29 is 9.84 Å². The standard InChI is InChI=1S/C16H25NO2/c1-12(2)19-11-15(18)10-17-9-8-14-6-4-5-7-16(14)13(17)3/h4-7,12-13,15,18H,8-11H2,1-3H3. The Morgan fingerprint density at radius 2 is 2.11 bits per heavy atom. The molecule has 0 amide bonds. The highest BCUT2D eigenvalue weighted by molar-refractivity contribution is 5.32. The number of aliphatic hydroxyl groups is 1. The Balaban J connectivity index is 1.93. The van der Waals surface area contributed by atoms with E-state index in [1.54, 1.807) is 0 Å². The molecule has 1 aliphatic rings. The van der Waals surface area contributed by atoms with Crippen LogP contribution in [0.2, 0.25) is 0 Å². The van der Waals surface area contributed by atoms with Crippen LogP contribution < -0.4 is 0 Å². The van der Waals surface area contributed by atoms with Gasteiger partial charge in [0, 0.05) is 19.1 Å². The molecule has 0 bridgehead atoms. The summed E-state index contributed by atoms with van der Waals surface area (Å²) in [5.41, 5.74) is 2.84. The van der Waals surface area contributed by atoms with Crippen LogP contribution in [0.3, 0.4) is 0 Å². The first-order valence-electron chi connectivity index (χ1n) is 7.19.